The molecule has 0 aromatic heterocycles. The first-order valence-electron chi connectivity index (χ1n) is 5.61. The van der Waals surface area contributed by atoms with Crippen LogP contribution in [-0.2, 0) is 6.42 Å². The molecule has 0 spiro atoms. The van der Waals surface area contributed by atoms with Crippen molar-refractivity contribution >= 4 is 11.8 Å². The topological polar surface area (TPSA) is 21.3 Å². The van der Waals surface area contributed by atoms with E-state index in [2.05, 4.69) is 30.6 Å². The van der Waals surface area contributed by atoms with Crippen LogP contribution in [0, 0.1) is 0 Å². The van der Waals surface area contributed by atoms with E-state index in [0.717, 1.165) is 18.7 Å². The van der Waals surface area contributed by atoms with Gasteiger partial charge in [-0.25, -0.2) is 0 Å². The van der Waals surface area contributed by atoms with Gasteiger partial charge in [-0.3, -0.25) is 0 Å². The molecule has 0 aliphatic carbocycles. The van der Waals surface area contributed by atoms with Crippen molar-refractivity contribution in [3.05, 3.63) is 29.8 Å². The zero-order valence-electron chi connectivity index (χ0n) is 10.3. The van der Waals surface area contributed by atoms with Gasteiger partial charge in [-0.1, -0.05) is 12.1 Å². The summed E-state index contributed by atoms with van der Waals surface area (Å²) in [5.74, 6) is 2.09. The number of ether oxygens (including phenoxy) is 1. The second-order valence-corrected chi connectivity index (χ2v) is 4.82. The number of rotatable bonds is 7. The van der Waals surface area contributed by atoms with Gasteiger partial charge in [-0.05, 0) is 43.8 Å². The number of nitrogens with one attached hydrogen (secondary N) is 1. The normalized spacial score (nSPS) is 12.4. The van der Waals surface area contributed by atoms with Crippen LogP contribution in [0.1, 0.15) is 12.5 Å². The number of thioether (sulfide) groups is 1. The Labute approximate surface area is 103 Å². The summed E-state index contributed by atoms with van der Waals surface area (Å²) in [5.41, 5.74) is 1.35. The Hall–Kier alpha value is -0.670. The Morgan fingerprint density at radius 2 is 2.00 bits per heavy atom. The highest BCUT2D eigenvalue weighted by Crippen LogP contribution is 2.11. The van der Waals surface area contributed by atoms with Crippen LogP contribution in [0.2, 0.25) is 0 Å². The summed E-state index contributed by atoms with van der Waals surface area (Å²) in [6, 6.07) is 8.87. The smallest absolute Gasteiger partial charge is 0.118 e. The van der Waals surface area contributed by atoms with Crippen molar-refractivity contribution in [3.8, 4) is 5.75 Å². The van der Waals surface area contributed by atoms with Crippen molar-refractivity contribution in [1.82, 2.24) is 5.32 Å². The molecule has 1 atom stereocenters. The quantitative estimate of drug-likeness (QED) is 0.790. The maximum atomic E-state index is 5.13. The number of methoxy groups -OCH3 is 1. The molecular weight excluding hydrogens is 218 g/mol. The highest BCUT2D eigenvalue weighted by Gasteiger charge is 1.99. The fraction of sp³-hybridized carbons (Fsp3) is 0.538. The molecule has 1 aromatic carbocycles. The van der Waals surface area contributed by atoms with E-state index in [9.17, 15) is 0 Å². The van der Waals surface area contributed by atoms with Crippen LogP contribution in [0.15, 0.2) is 24.3 Å². The first-order valence-corrected chi connectivity index (χ1v) is 7.01. The Balaban J connectivity index is 2.26. The lowest BCUT2D eigenvalue weighted by Crippen LogP contribution is -2.29. The molecule has 1 unspecified atom stereocenters. The van der Waals surface area contributed by atoms with Gasteiger partial charge in [-0.2, -0.15) is 11.8 Å². The first kappa shape index (κ1) is 13.4. The van der Waals surface area contributed by atoms with Gasteiger partial charge in [0.25, 0.3) is 0 Å². The van der Waals surface area contributed by atoms with Gasteiger partial charge >= 0.3 is 0 Å². The maximum Gasteiger partial charge on any atom is 0.118 e. The van der Waals surface area contributed by atoms with Crippen LogP contribution in [0.5, 0.6) is 5.75 Å². The maximum absolute atomic E-state index is 5.13. The number of benzene rings is 1. The summed E-state index contributed by atoms with van der Waals surface area (Å²) >= 11 is 1.88. The van der Waals surface area contributed by atoms with Gasteiger partial charge in [0.05, 0.1) is 7.11 Å². The Morgan fingerprint density at radius 3 is 2.56 bits per heavy atom. The van der Waals surface area contributed by atoms with Crippen molar-refractivity contribution in [1.29, 1.82) is 0 Å². The largest absolute Gasteiger partial charge is 0.497 e. The van der Waals surface area contributed by atoms with Crippen molar-refractivity contribution < 1.29 is 4.74 Å². The van der Waals surface area contributed by atoms with E-state index in [0.29, 0.717) is 6.04 Å². The lowest BCUT2D eigenvalue weighted by molar-refractivity contribution is 0.414. The molecule has 0 saturated heterocycles. The molecule has 1 rings (SSSR count). The third-order valence-corrected chi connectivity index (χ3v) is 3.32. The van der Waals surface area contributed by atoms with E-state index in [1.807, 2.05) is 23.9 Å². The molecule has 0 aliphatic rings. The van der Waals surface area contributed by atoms with Crippen LogP contribution in [0.4, 0.5) is 0 Å². The highest BCUT2D eigenvalue weighted by molar-refractivity contribution is 7.98. The molecule has 2 nitrogen and oxygen atoms in total. The summed E-state index contributed by atoms with van der Waals surface area (Å²) in [5, 5.41) is 3.51. The molecule has 0 saturated carbocycles. The van der Waals surface area contributed by atoms with Crippen LogP contribution in [-0.4, -0.2) is 31.7 Å². The molecule has 0 aliphatic heterocycles. The summed E-state index contributed by atoms with van der Waals surface area (Å²) in [7, 11) is 1.70. The average molecular weight is 239 g/mol. The summed E-state index contributed by atoms with van der Waals surface area (Å²) in [6.07, 6.45) is 3.21. The van der Waals surface area contributed by atoms with Gasteiger partial charge in [0.15, 0.2) is 0 Å². The van der Waals surface area contributed by atoms with Gasteiger partial charge in [-0.15, -0.1) is 0 Å². The van der Waals surface area contributed by atoms with E-state index in [-0.39, 0.29) is 0 Å². The lowest BCUT2D eigenvalue weighted by Gasteiger charge is -2.12. The number of hydrogen-bond acceptors (Lipinski definition) is 3. The Kier molecular flexibility index (Phi) is 6.34. The van der Waals surface area contributed by atoms with Gasteiger partial charge < -0.3 is 10.1 Å². The van der Waals surface area contributed by atoms with E-state index < -0.39 is 0 Å². The zero-order chi connectivity index (χ0) is 11.8. The minimum absolute atomic E-state index is 0.591. The third-order valence-electron chi connectivity index (χ3n) is 2.48. The lowest BCUT2D eigenvalue weighted by atomic mass is 10.1. The summed E-state index contributed by atoms with van der Waals surface area (Å²) < 4.78 is 5.13. The summed E-state index contributed by atoms with van der Waals surface area (Å²) in [4.78, 5) is 0. The molecule has 0 heterocycles. The molecule has 0 amide bonds. The van der Waals surface area contributed by atoms with Gasteiger partial charge in [0.2, 0.25) is 0 Å². The monoisotopic (exact) mass is 239 g/mol. The predicted octanol–water partition coefficient (Wildman–Crippen LogP) is 2.58. The van der Waals surface area contributed by atoms with E-state index in [1.54, 1.807) is 7.11 Å². The zero-order valence-corrected chi connectivity index (χ0v) is 11.1. The van der Waals surface area contributed by atoms with E-state index in [1.165, 1.54) is 11.3 Å². The molecule has 0 radical (unpaired) electrons. The highest BCUT2D eigenvalue weighted by atomic mass is 32.2. The minimum Gasteiger partial charge on any atom is -0.497 e. The van der Waals surface area contributed by atoms with Crippen molar-refractivity contribution in [3.63, 3.8) is 0 Å². The van der Waals surface area contributed by atoms with Crippen molar-refractivity contribution in [2.24, 2.45) is 0 Å². The Morgan fingerprint density at radius 1 is 1.31 bits per heavy atom. The Bertz CT molecular complexity index is 286. The predicted molar refractivity (Wildman–Crippen MR) is 72.5 cm³/mol. The SMILES string of the molecule is COc1ccc(CCNC(C)CSC)cc1. The minimum atomic E-state index is 0.591. The van der Waals surface area contributed by atoms with Gasteiger partial charge in [0, 0.05) is 11.8 Å². The van der Waals surface area contributed by atoms with Crippen LogP contribution < -0.4 is 10.1 Å². The molecule has 1 aromatic rings. The summed E-state index contributed by atoms with van der Waals surface area (Å²) in [6.45, 7) is 3.26. The molecule has 90 valence electrons. The van der Waals surface area contributed by atoms with Crippen LogP contribution in [0.3, 0.4) is 0 Å². The fourth-order valence-corrected chi connectivity index (χ4v) is 2.18. The third kappa shape index (κ3) is 4.90. The van der Waals surface area contributed by atoms with Crippen molar-refractivity contribution in [2.45, 2.75) is 19.4 Å². The standard InChI is InChI=1S/C13H21NOS/c1-11(10-16-3)14-9-8-12-4-6-13(15-2)7-5-12/h4-7,11,14H,8-10H2,1-3H3. The molecule has 1 N–H and O–H groups in total. The first-order chi connectivity index (χ1) is 7.76. The number of hydrogen-bond donors (Lipinski definition) is 1. The fourth-order valence-electron chi connectivity index (χ4n) is 1.56. The average Bonchev–Trinajstić information content (AvgIpc) is 2.30. The van der Waals surface area contributed by atoms with Crippen molar-refractivity contribution in [2.75, 3.05) is 25.7 Å². The second-order valence-electron chi connectivity index (χ2n) is 3.91. The van der Waals surface area contributed by atoms with Gasteiger partial charge in [0.1, 0.15) is 5.75 Å². The molecule has 0 bridgehead atoms. The molecular formula is C13H21NOS. The molecule has 3 heteroatoms. The second kappa shape index (κ2) is 7.58. The van der Waals surface area contributed by atoms with Crippen LogP contribution >= 0.6 is 11.8 Å². The van der Waals surface area contributed by atoms with Crippen LogP contribution in [0.25, 0.3) is 0 Å². The molecule has 0 fully saturated rings. The van der Waals surface area contributed by atoms with E-state index >= 15 is 0 Å². The molecule has 16 heavy (non-hydrogen) atoms. The van der Waals surface area contributed by atoms with E-state index in [4.69, 9.17) is 4.74 Å².